The van der Waals surface area contributed by atoms with Gasteiger partial charge in [0.15, 0.2) is 0 Å². The van der Waals surface area contributed by atoms with Crippen molar-refractivity contribution in [3.05, 3.63) is 72.8 Å². The molecule has 23 heavy (non-hydrogen) atoms. The van der Waals surface area contributed by atoms with Crippen molar-refractivity contribution in [1.82, 2.24) is 0 Å². The Balaban J connectivity index is -0.000000000448. The van der Waals surface area contributed by atoms with Gasteiger partial charge in [-0.2, -0.15) is 20.8 Å². The molecule has 0 aromatic heterocycles. The van der Waals surface area contributed by atoms with Gasteiger partial charge in [-0.15, -0.1) is 0 Å². The van der Waals surface area contributed by atoms with E-state index in [-0.39, 0.29) is 52.0 Å². The summed E-state index contributed by atoms with van der Waals surface area (Å²) in [6.07, 6.45) is 0. The molecule has 0 aliphatic carbocycles. The molecule has 0 atom stereocenters. The molecule has 8 heteroatoms. The summed E-state index contributed by atoms with van der Waals surface area (Å²) in [6.45, 7) is 19.0. The van der Waals surface area contributed by atoms with E-state index in [2.05, 4.69) is 20.8 Å². The molecular formula is C15H42Cf8-10. The zero-order valence-electron chi connectivity index (χ0n) is 16.7. The van der Waals surface area contributed by atoms with E-state index >= 15 is 0 Å². The summed E-state index contributed by atoms with van der Waals surface area (Å²) < 4.78 is 0. The Kier molecular flexibility index (Phi) is 295. The Labute approximate surface area is 108 Å². The Morgan fingerprint density at radius 1 is 0.261 bits per heavy atom. The van der Waals surface area contributed by atoms with Gasteiger partial charge in [0.1, 0.15) is 0 Å². The third-order valence-electron chi connectivity index (χ3n) is 0. The molecule has 0 aliphatic rings. The predicted octanol–water partition coefficient (Wildman–Crippen LogP) is 6.70. The zero-order chi connectivity index (χ0) is 8.00. The van der Waals surface area contributed by atoms with Gasteiger partial charge >= 0.3 is 0 Å². The molecule has 0 heterocycles. The van der Waals surface area contributed by atoms with Gasteiger partial charge in [-0.1, -0.05) is 13.8 Å². The van der Waals surface area contributed by atoms with Crippen LogP contribution in [0, 0.1) is 72.8 Å². The summed E-state index contributed by atoms with van der Waals surface area (Å²) in [5.74, 6) is 0. The van der Waals surface area contributed by atoms with Gasteiger partial charge < -0.3 is 72.8 Å². The second-order valence-electron chi connectivity index (χ2n) is 0. The van der Waals surface area contributed by atoms with Gasteiger partial charge in [-0.05, 0) is 0 Å². The van der Waals surface area contributed by atoms with Gasteiger partial charge in [0.05, 0.1) is 0 Å². The van der Waals surface area contributed by atoms with E-state index in [1.54, 1.807) is 20.8 Å². The third kappa shape index (κ3) is 31.5. The maximum atomic E-state index is 3.25. The molecule has 0 fully saturated rings. The van der Waals surface area contributed by atoms with Crippen LogP contribution in [0.1, 0.15) is 34.6 Å². The molecule has 0 aromatic rings. The first-order valence-corrected chi connectivity index (χ1v) is 3.12. The molecule has 0 aliphatic heterocycles. The Morgan fingerprint density at radius 3 is 0.261 bits per heavy atom. The summed E-state index contributed by atoms with van der Waals surface area (Å²) in [5.41, 5.74) is 0. The van der Waals surface area contributed by atoms with Crippen molar-refractivity contribution in [2.75, 3.05) is 0 Å². The average molecular weight is 2230 g/mol. The van der Waals surface area contributed by atoms with Crippen LogP contribution in [0.5, 0.6) is 0 Å². The van der Waals surface area contributed by atoms with Crippen molar-refractivity contribution in [2.45, 2.75) is 34.6 Å². The smallest absolute Gasteiger partial charge is 0 e. The normalized spacial score (nSPS) is 1.04. The van der Waals surface area contributed by atoms with E-state index in [4.69, 9.17) is 0 Å². The third-order valence-corrected chi connectivity index (χ3v) is 0. The standard InChI is InChI=1S/C2H6.3C2H5.7CH3.8Cf/c4*1-2;;;;;;;;;;;;;;;/h1-2H3;3*1H2,2H3;7*1H3;;;;;;;;/q;10*-1;;;;;;;;. The monoisotopic (exact) mass is 2210 g/mol. The summed E-state index contributed by atoms with van der Waals surface area (Å²) in [6, 6.07) is 0. The molecule has 0 saturated carbocycles. The van der Waals surface area contributed by atoms with Crippen LogP contribution in [0.15, 0.2) is 0 Å². The SMILES string of the molecule is CC.[CH2-]C.[CH2-]C.[CH2-]C.[CH3-].[CH3-].[CH3-].[CH3-].[CH3-].[CH3-].[CH3-].[Cf].[Cf].[Cf].[Cf].[Cf].[Cf].[Cf].[Cf]. The first-order valence-electron chi connectivity index (χ1n) is 3.12. The van der Waals surface area contributed by atoms with Crippen LogP contribution in [0.25, 0.3) is 0 Å². The molecular weight excluding hydrogens is 2190 g/mol. The maximum absolute atomic E-state index is 3.25. The van der Waals surface area contributed by atoms with Crippen molar-refractivity contribution < 1.29 is 0 Å². The molecule has 0 bridgehead atoms. The van der Waals surface area contributed by atoms with E-state index in [9.17, 15) is 0 Å². The number of hydrogen-bond acceptors (Lipinski definition) is 0. The van der Waals surface area contributed by atoms with E-state index in [1.807, 2.05) is 13.8 Å². The van der Waals surface area contributed by atoms with Crippen LogP contribution in [0.2, 0.25) is 0 Å². The van der Waals surface area contributed by atoms with Gasteiger partial charge in [0.2, 0.25) is 0 Å². The Bertz CT molecular complexity index is 21.4. The van der Waals surface area contributed by atoms with Crippen molar-refractivity contribution in [1.29, 1.82) is 0 Å². The molecule has 0 amide bonds. The van der Waals surface area contributed by atoms with Crippen molar-refractivity contribution in [3.8, 4) is 0 Å². The number of hydrogen-bond donors (Lipinski definition) is 0. The van der Waals surface area contributed by atoms with E-state index < -0.39 is 0 Å². The molecule has 192 valence electrons. The van der Waals surface area contributed by atoms with E-state index in [0.717, 1.165) is 0 Å². The van der Waals surface area contributed by atoms with Crippen LogP contribution in [0.3, 0.4) is 0 Å². The molecule has 0 radical (unpaired) electrons. The van der Waals surface area contributed by atoms with Gasteiger partial charge in [-0.3, -0.25) is 0 Å². The molecule has 0 unspecified atom stereocenters. The summed E-state index contributed by atoms with van der Waals surface area (Å²) in [7, 11) is 0. The van der Waals surface area contributed by atoms with Crippen molar-refractivity contribution >= 4 is 0 Å². The van der Waals surface area contributed by atoms with Crippen molar-refractivity contribution in [2.24, 2.45) is 0 Å². The maximum Gasteiger partial charge on any atom is 0 e. The van der Waals surface area contributed by atoms with Crippen LogP contribution in [-0.2, 0) is 0 Å². The first kappa shape index (κ1) is 184. The molecule has 0 nitrogen and oxygen atoms in total. The summed E-state index contributed by atoms with van der Waals surface area (Å²) >= 11 is 0. The predicted molar refractivity (Wildman–Crippen MR) is 89.3 cm³/mol. The Hall–Kier alpha value is -8.00. The second kappa shape index (κ2) is 37.0. The molecule has 0 N–H and O–H groups in total. The molecule has 0 rings (SSSR count). The van der Waals surface area contributed by atoms with Gasteiger partial charge in [-0.25, -0.2) is 0 Å². The fraction of sp³-hybridized carbons (Fsp3) is 0.333. The van der Waals surface area contributed by atoms with Crippen LogP contribution in [0.4, 0.5) is 0 Å². The van der Waals surface area contributed by atoms with E-state index in [1.165, 1.54) is 0 Å². The summed E-state index contributed by atoms with van der Waals surface area (Å²) in [5, 5.41) is 0. The fourth-order valence-corrected chi connectivity index (χ4v) is 0. The van der Waals surface area contributed by atoms with Gasteiger partial charge in [0.25, 0.3) is 0 Å². The minimum absolute atomic E-state index is 0. The first-order chi connectivity index (χ1) is 4.00. The summed E-state index contributed by atoms with van der Waals surface area (Å²) in [4.78, 5) is 0. The number of rotatable bonds is 0. The Morgan fingerprint density at radius 2 is 0.261 bits per heavy atom. The van der Waals surface area contributed by atoms with Crippen molar-refractivity contribution in [3.63, 3.8) is 0 Å². The second-order valence-corrected chi connectivity index (χ2v) is 0. The van der Waals surface area contributed by atoms with Crippen LogP contribution in [-0.4, -0.2) is 0 Å². The topological polar surface area (TPSA) is 0 Å². The minimum Gasteiger partial charge on any atom is -0.358 e. The largest absolute Gasteiger partial charge is 0.358 e. The fourth-order valence-electron chi connectivity index (χ4n) is 0. The van der Waals surface area contributed by atoms with Crippen LogP contribution < -0.4 is 0 Å². The zero-order valence-corrected chi connectivity index (χ0v) is 37.7. The minimum atomic E-state index is 0. The quantitative estimate of drug-likeness (QED) is 0.238. The molecule has 0 saturated heterocycles. The van der Waals surface area contributed by atoms with Gasteiger partial charge in [0, 0.05) is 0 Å². The molecule has 0 spiro atoms. The molecule has 0 aromatic carbocycles. The van der Waals surface area contributed by atoms with Crippen LogP contribution >= 0.6 is 0 Å². The average Bonchev–Trinajstić information content (AvgIpc) is 2.03. The van der Waals surface area contributed by atoms with E-state index in [0.29, 0.717) is 0 Å².